The van der Waals surface area contributed by atoms with Crippen LogP contribution in [0.2, 0.25) is 0 Å². The normalized spacial score (nSPS) is 15.6. The van der Waals surface area contributed by atoms with Crippen LogP contribution >= 0.6 is 22.6 Å². The summed E-state index contributed by atoms with van der Waals surface area (Å²) < 4.78 is 1.19. The fourth-order valence-electron chi connectivity index (χ4n) is 1.86. The van der Waals surface area contributed by atoms with Gasteiger partial charge >= 0.3 is 0 Å². The highest BCUT2D eigenvalue weighted by atomic mass is 127. The Labute approximate surface area is 119 Å². The van der Waals surface area contributed by atoms with E-state index >= 15 is 0 Å². The largest absolute Gasteiger partial charge is 0.383 e. The zero-order valence-corrected chi connectivity index (χ0v) is 11.6. The number of nitrogens with zero attached hydrogens (tertiary/aromatic N) is 2. The monoisotopic (exact) mass is 347 g/mol. The Balaban J connectivity index is 2.07. The summed E-state index contributed by atoms with van der Waals surface area (Å²) in [6, 6.07) is 15.9. The Hall–Kier alpha value is -1.69. The van der Waals surface area contributed by atoms with Gasteiger partial charge in [-0.2, -0.15) is 0 Å². The molecule has 0 aliphatic carbocycles. The van der Waals surface area contributed by atoms with Crippen molar-refractivity contribution in [2.45, 2.75) is 0 Å². The van der Waals surface area contributed by atoms with E-state index in [1.807, 2.05) is 48.5 Å². The van der Waals surface area contributed by atoms with Gasteiger partial charge in [-0.05, 0) is 46.9 Å². The fraction of sp³-hybridized carbons (Fsp3) is 0. The van der Waals surface area contributed by atoms with E-state index in [0.29, 0.717) is 11.7 Å². The maximum Gasteiger partial charge on any atom is 0.162 e. The molecule has 0 saturated carbocycles. The maximum atomic E-state index is 5.88. The molecule has 3 nitrogen and oxygen atoms in total. The van der Waals surface area contributed by atoms with E-state index in [2.05, 4.69) is 32.6 Å². The molecule has 0 radical (unpaired) electrons. The lowest BCUT2D eigenvalue weighted by atomic mass is 10.1. The van der Waals surface area contributed by atoms with Crippen LogP contribution in [-0.4, -0.2) is 11.7 Å². The molecule has 2 N–H and O–H groups in total. The second-order valence-electron chi connectivity index (χ2n) is 3.95. The van der Waals surface area contributed by atoms with Crippen molar-refractivity contribution in [3.8, 4) is 0 Å². The SMILES string of the molecule is NC1=NC(=Nc2ccc(I)cc2)c2ccccc21. The zero-order valence-electron chi connectivity index (χ0n) is 9.47. The lowest BCUT2D eigenvalue weighted by Gasteiger charge is -1.99. The first kappa shape index (κ1) is 11.4. The van der Waals surface area contributed by atoms with Gasteiger partial charge in [-0.1, -0.05) is 24.3 Å². The van der Waals surface area contributed by atoms with Crippen molar-refractivity contribution in [2.24, 2.45) is 15.7 Å². The molecule has 1 heterocycles. The summed E-state index contributed by atoms with van der Waals surface area (Å²) in [5.74, 6) is 1.22. The molecule has 0 saturated heterocycles. The summed E-state index contributed by atoms with van der Waals surface area (Å²) in [5, 5.41) is 0. The van der Waals surface area contributed by atoms with Gasteiger partial charge in [-0.3, -0.25) is 0 Å². The molecule has 0 aromatic heterocycles. The summed E-state index contributed by atoms with van der Waals surface area (Å²) in [5.41, 5.74) is 8.72. The summed E-state index contributed by atoms with van der Waals surface area (Å²) in [7, 11) is 0. The van der Waals surface area contributed by atoms with Crippen LogP contribution < -0.4 is 5.73 Å². The standard InChI is InChI=1S/C14H10IN3/c15-9-5-7-10(8-6-9)17-14-12-4-2-1-3-11(12)13(16)18-14/h1-8H,(H2,16,17,18). The van der Waals surface area contributed by atoms with Gasteiger partial charge in [0.1, 0.15) is 5.84 Å². The van der Waals surface area contributed by atoms with Gasteiger partial charge in [0.15, 0.2) is 5.84 Å². The molecule has 0 spiro atoms. The quantitative estimate of drug-likeness (QED) is 0.792. The summed E-state index contributed by atoms with van der Waals surface area (Å²) in [4.78, 5) is 8.85. The van der Waals surface area contributed by atoms with Crippen LogP contribution in [0.1, 0.15) is 11.1 Å². The molecule has 0 unspecified atom stereocenters. The van der Waals surface area contributed by atoms with Crippen LogP contribution in [0.5, 0.6) is 0 Å². The van der Waals surface area contributed by atoms with E-state index in [-0.39, 0.29) is 0 Å². The Kier molecular flexibility index (Phi) is 2.87. The van der Waals surface area contributed by atoms with E-state index in [0.717, 1.165) is 16.8 Å². The highest BCUT2D eigenvalue weighted by molar-refractivity contribution is 14.1. The van der Waals surface area contributed by atoms with Crippen LogP contribution in [0.3, 0.4) is 0 Å². The molecule has 1 aliphatic heterocycles. The van der Waals surface area contributed by atoms with Gasteiger partial charge < -0.3 is 5.73 Å². The molecular formula is C14H10IN3. The summed E-state index contributed by atoms with van der Waals surface area (Å²) in [6.07, 6.45) is 0. The number of amidine groups is 2. The van der Waals surface area contributed by atoms with Gasteiger partial charge in [0.05, 0.1) is 5.69 Å². The Morgan fingerprint density at radius 2 is 1.61 bits per heavy atom. The lowest BCUT2D eigenvalue weighted by molar-refractivity contribution is 1.46. The first-order chi connectivity index (χ1) is 8.74. The van der Waals surface area contributed by atoms with Crippen LogP contribution in [0.15, 0.2) is 58.5 Å². The molecule has 88 valence electrons. The first-order valence-corrected chi connectivity index (χ1v) is 6.60. The minimum absolute atomic E-state index is 0.537. The van der Waals surface area contributed by atoms with Gasteiger partial charge in [0.2, 0.25) is 0 Å². The second kappa shape index (κ2) is 4.53. The van der Waals surface area contributed by atoms with Crippen molar-refractivity contribution in [3.05, 3.63) is 63.2 Å². The van der Waals surface area contributed by atoms with E-state index in [1.54, 1.807) is 0 Å². The van der Waals surface area contributed by atoms with E-state index < -0.39 is 0 Å². The van der Waals surface area contributed by atoms with Crippen molar-refractivity contribution in [3.63, 3.8) is 0 Å². The average Bonchev–Trinajstić information content (AvgIpc) is 2.70. The fourth-order valence-corrected chi connectivity index (χ4v) is 2.22. The van der Waals surface area contributed by atoms with Gasteiger partial charge in [-0.15, -0.1) is 0 Å². The third-order valence-corrected chi connectivity index (χ3v) is 3.45. The smallest absolute Gasteiger partial charge is 0.162 e. The van der Waals surface area contributed by atoms with Crippen LogP contribution in [0.4, 0.5) is 5.69 Å². The predicted molar refractivity (Wildman–Crippen MR) is 82.5 cm³/mol. The van der Waals surface area contributed by atoms with Gasteiger partial charge in [0.25, 0.3) is 0 Å². The highest BCUT2D eigenvalue weighted by Gasteiger charge is 2.18. The molecular weight excluding hydrogens is 337 g/mol. The van der Waals surface area contributed by atoms with Crippen molar-refractivity contribution in [1.29, 1.82) is 0 Å². The number of fused-ring (bicyclic) bond motifs is 1. The van der Waals surface area contributed by atoms with Gasteiger partial charge in [-0.25, -0.2) is 9.98 Å². The van der Waals surface area contributed by atoms with Crippen LogP contribution in [0.25, 0.3) is 0 Å². The summed E-state index contributed by atoms with van der Waals surface area (Å²) >= 11 is 2.27. The van der Waals surface area contributed by atoms with E-state index in [9.17, 15) is 0 Å². The Bertz CT molecular complexity index is 657. The van der Waals surface area contributed by atoms with Crippen LogP contribution in [-0.2, 0) is 0 Å². The number of benzene rings is 2. The Morgan fingerprint density at radius 3 is 2.33 bits per heavy atom. The number of hydrogen-bond acceptors (Lipinski definition) is 2. The number of hydrogen-bond donors (Lipinski definition) is 1. The highest BCUT2D eigenvalue weighted by Crippen LogP contribution is 2.21. The predicted octanol–water partition coefficient (Wildman–Crippen LogP) is 3.09. The maximum absolute atomic E-state index is 5.88. The number of rotatable bonds is 1. The molecule has 0 atom stereocenters. The molecule has 18 heavy (non-hydrogen) atoms. The third kappa shape index (κ3) is 2.03. The molecule has 0 bridgehead atoms. The third-order valence-electron chi connectivity index (χ3n) is 2.73. The number of halogens is 1. The summed E-state index contributed by atoms with van der Waals surface area (Å²) in [6.45, 7) is 0. The molecule has 0 amide bonds. The van der Waals surface area contributed by atoms with Crippen LogP contribution in [0, 0.1) is 3.57 Å². The van der Waals surface area contributed by atoms with Crippen molar-refractivity contribution >= 4 is 39.9 Å². The first-order valence-electron chi connectivity index (χ1n) is 5.52. The molecule has 2 aromatic rings. The lowest BCUT2D eigenvalue weighted by Crippen LogP contribution is -2.09. The number of aliphatic imine (C=N–C) groups is 2. The van der Waals surface area contributed by atoms with Crippen molar-refractivity contribution in [1.82, 2.24) is 0 Å². The molecule has 0 fully saturated rings. The van der Waals surface area contributed by atoms with E-state index in [1.165, 1.54) is 3.57 Å². The van der Waals surface area contributed by atoms with Crippen molar-refractivity contribution in [2.75, 3.05) is 0 Å². The zero-order chi connectivity index (χ0) is 12.5. The molecule has 2 aromatic carbocycles. The van der Waals surface area contributed by atoms with E-state index in [4.69, 9.17) is 5.73 Å². The average molecular weight is 347 g/mol. The molecule has 4 heteroatoms. The molecule has 3 rings (SSSR count). The molecule has 1 aliphatic rings. The number of nitrogens with two attached hydrogens (primary N) is 1. The minimum atomic E-state index is 0.537. The second-order valence-corrected chi connectivity index (χ2v) is 5.20. The minimum Gasteiger partial charge on any atom is -0.383 e. The Morgan fingerprint density at radius 1 is 0.944 bits per heavy atom. The topological polar surface area (TPSA) is 50.7 Å². The van der Waals surface area contributed by atoms with Crippen molar-refractivity contribution < 1.29 is 0 Å². The van der Waals surface area contributed by atoms with Gasteiger partial charge in [0, 0.05) is 14.7 Å².